The van der Waals surface area contributed by atoms with Gasteiger partial charge in [-0.1, -0.05) is 13.8 Å². The highest BCUT2D eigenvalue weighted by Crippen LogP contribution is 2.38. The van der Waals surface area contributed by atoms with Crippen molar-refractivity contribution in [3.8, 4) is 17.0 Å². The first kappa shape index (κ1) is 19.4. The fraction of sp³-hybridized carbons (Fsp3) is 0.450. The van der Waals surface area contributed by atoms with Crippen molar-refractivity contribution in [3.05, 3.63) is 28.6 Å². The Bertz CT molecular complexity index is 849. The Hall–Kier alpha value is -2.41. The molecule has 0 saturated heterocycles. The molecule has 0 bridgehead atoms. The summed E-state index contributed by atoms with van der Waals surface area (Å²) in [6, 6.07) is 5.74. The molecule has 7 heteroatoms. The lowest BCUT2D eigenvalue weighted by molar-refractivity contribution is -0.129. The van der Waals surface area contributed by atoms with Gasteiger partial charge in [-0.3, -0.25) is 14.5 Å². The van der Waals surface area contributed by atoms with E-state index in [1.165, 1.54) is 4.90 Å². The lowest BCUT2D eigenvalue weighted by atomic mass is 10.1. The summed E-state index contributed by atoms with van der Waals surface area (Å²) in [4.78, 5) is 31.3. The maximum atomic E-state index is 12.9. The van der Waals surface area contributed by atoms with Crippen LogP contribution >= 0.6 is 11.3 Å². The maximum Gasteiger partial charge on any atom is 0.268 e. The smallest absolute Gasteiger partial charge is 0.268 e. The summed E-state index contributed by atoms with van der Waals surface area (Å²) < 4.78 is 5.86. The normalized spacial score (nSPS) is 17.3. The van der Waals surface area contributed by atoms with E-state index in [4.69, 9.17) is 4.74 Å². The fourth-order valence-electron chi connectivity index (χ4n) is 2.97. The van der Waals surface area contributed by atoms with Gasteiger partial charge in [0, 0.05) is 17.0 Å². The number of aryl methyl sites for hydroxylation is 1. The molecule has 1 N–H and O–H groups in total. The number of carbonyl (C=O) groups excluding carboxylic acids is 2. The third-order valence-corrected chi connectivity index (χ3v) is 5.44. The monoisotopic (exact) mass is 387 g/mol. The Kier molecular flexibility index (Phi) is 5.79. The number of anilines is 1. The number of fused-ring (bicyclic) bond motifs is 1. The molecule has 0 saturated carbocycles. The van der Waals surface area contributed by atoms with Crippen LogP contribution in [0, 0.1) is 6.92 Å². The van der Waals surface area contributed by atoms with E-state index >= 15 is 0 Å². The number of thiazole rings is 1. The van der Waals surface area contributed by atoms with E-state index in [2.05, 4.69) is 10.3 Å². The summed E-state index contributed by atoms with van der Waals surface area (Å²) in [7, 11) is 0. The Labute approximate surface area is 163 Å². The number of ether oxygens (including phenoxy) is 1. The second-order valence-corrected chi connectivity index (χ2v) is 7.81. The van der Waals surface area contributed by atoms with Crippen LogP contribution in [0.15, 0.2) is 23.6 Å². The zero-order valence-corrected chi connectivity index (χ0v) is 16.9. The molecule has 1 aromatic carbocycles. The van der Waals surface area contributed by atoms with Gasteiger partial charge in [0.1, 0.15) is 12.3 Å². The molecule has 0 aliphatic carbocycles. The van der Waals surface area contributed by atoms with Gasteiger partial charge in [-0.25, -0.2) is 4.98 Å². The van der Waals surface area contributed by atoms with Gasteiger partial charge in [-0.15, -0.1) is 11.3 Å². The quantitative estimate of drug-likeness (QED) is 0.823. The average Bonchev–Trinajstić information content (AvgIpc) is 3.09. The number of amides is 2. The zero-order valence-electron chi connectivity index (χ0n) is 16.1. The van der Waals surface area contributed by atoms with E-state index in [9.17, 15) is 9.59 Å². The largest absolute Gasteiger partial charge is 0.478 e. The molecule has 2 amide bonds. The van der Waals surface area contributed by atoms with Crippen molar-refractivity contribution in [1.29, 1.82) is 0 Å². The topological polar surface area (TPSA) is 71.5 Å². The standard InChI is InChI=1S/C20H25N3O3S/c1-5-12(3)21-19(24)10-23-16-9-14(15-11-27-13(4)22-15)7-8-18(16)26-17(6-2)20(23)25/h7-9,11-12,17H,5-6,10H2,1-4H3,(H,21,24). The molecule has 2 unspecified atom stereocenters. The molecule has 0 spiro atoms. The lowest BCUT2D eigenvalue weighted by Gasteiger charge is -2.34. The lowest BCUT2D eigenvalue weighted by Crippen LogP contribution is -2.50. The van der Waals surface area contributed by atoms with Crippen molar-refractivity contribution in [2.45, 2.75) is 52.7 Å². The number of hydrogen-bond acceptors (Lipinski definition) is 5. The molecular weight excluding hydrogens is 362 g/mol. The predicted octanol–water partition coefficient (Wildman–Crippen LogP) is 3.54. The minimum absolute atomic E-state index is 0.0183. The molecule has 1 aliphatic heterocycles. The molecule has 0 radical (unpaired) electrons. The zero-order chi connectivity index (χ0) is 19.6. The van der Waals surface area contributed by atoms with Crippen LogP contribution in [-0.4, -0.2) is 35.5 Å². The van der Waals surface area contributed by atoms with E-state index < -0.39 is 6.10 Å². The molecule has 3 rings (SSSR count). The highest BCUT2D eigenvalue weighted by atomic mass is 32.1. The minimum Gasteiger partial charge on any atom is -0.478 e. The Morgan fingerprint density at radius 1 is 1.41 bits per heavy atom. The minimum atomic E-state index is -0.568. The van der Waals surface area contributed by atoms with Crippen molar-refractivity contribution >= 4 is 28.8 Å². The fourth-order valence-corrected chi connectivity index (χ4v) is 3.59. The number of nitrogens with zero attached hydrogens (tertiary/aromatic N) is 2. The first-order valence-corrected chi connectivity index (χ1v) is 10.1. The van der Waals surface area contributed by atoms with Gasteiger partial charge in [0.25, 0.3) is 5.91 Å². The Balaban J connectivity index is 1.94. The highest BCUT2D eigenvalue weighted by molar-refractivity contribution is 7.09. The van der Waals surface area contributed by atoms with Crippen LogP contribution in [-0.2, 0) is 9.59 Å². The van der Waals surface area contributed by atoms with Crippen molar-refractivity contribution in [2.24, 2.45) is 0 Å². The van der Waals surface area contributed by atoms with Crippen LogP contribution in [0.3, 0.4) is 0 Å². The molecule has 1 aliphatic rings. The Morgan fingerprint density at radius 3 is 2.81 bits per heavy atom. The number of nitrogens with one attached hydrogen (secondary N) is 1. The van der Waals surface area contributed by atoms with E-state index in [1.54, 1.807) is 11.3 Å². The van der Waals surface area contributed by atoms with Crippen molar-refractivity contribution in [2.75, 3.05) is 11.4 Å². The van der Waals surface area contributed by atoms with E-state index in [-0.39, 0.29) is 24.4 Å². The summed E-state index contributed by atoms with van der Waals surface area (Å²) in [5, 5.41) is 5.89. The Morgan fingerprint density at radius 2 is 2.19 bits per heavy atom. The van der Waals surface area contributed by atoms with Gasteiger partial charge in [0.2, 0.25) is 5.91 Å². The first-order valence-electron chi connectivity index (χ1n) is 9.26. The highest BCUT2D eigenvalue weighted by Gasteiger charge is 2.34. The van der Waals surface area contributed by atoms with Crippen molar-refractivity contribution < 1.29 is 14.3 Å². The first-order chi connectivity index (χ1) is 12.9. The van der Waals surface area contributed by atoms with Crippen LogP contribution in [0.1, 0.15) is 38.6 Å². The van der Waals surface area contributed by atoms with Crippen LogP contribution in [0.25, 0.3) is 11.3 Å². The maximum absolute atomic E-state index is 12.9. The van der Waals surface area contributed by atoms with Gasteiger partial charge >= 0.3 is 0 Å². The summed E-state index contributed by atoms with van der Waals surface area (Å²) in [5.74, 6) is 0.264. The summed E-state index contributed by atoms with van der Waals surface area (Å²) in [5.41, 5.74) is 2.37. The number of aromatic nitrogens is 1. The second kappa shape index (κ2) is 8.08. The average molecular weight is 388 g/mol. The number of carbonyl (C=O) groups is 2. The van der Waals surface area contributed by atoms with Crippen LogP contribution in [0.5, 0.6) is 5.75 Å². The van der Waals surface area contributed by atoms with E-state index in [1.807, 2.05) is 51.3 Å². The third kappa shape index (κ3) is 4.13. The summed E-state index contributed by atoms with van der Waals surface area (Å²) in [6.07, 6.45) is 0.820. The van der Waals surface area contributed by atoms with Gasteiger partial charge < -0.3 is 10.1 Å². The van der Waals surface area contributed by atoms with Gasteiger partial charge in [0.15, 0.2) is 6.10 Å². The number of benzene rings is 1. The van der Waals surface area contributed by atoms with Crippen LogP contribution in [0.2, 0.25) is 0 Å². The molecule has 144 valence electrons. The molecule has 27 heavy (non-hydrogen) atoms. The predicted molar refractivity (Wildman–Crippen MR) is 107 cm³/mol. The van der Waals surface area contributed by atoms with Gasteiger partial charge in [0.05, 0.1) is 16.4 Å². The van der Waals surface area contributed by atoms with Crippen molar-refractivity contribution in [1.82, 2.24) is 10.3 Å². The van der Waals surface area contributed by atoms with Crippen molar-refractivity contribution in [3.63, 3.8) is 0 Å². The summed E-state index contributed by atoms with van der Waals surface area (Å²) >= 11 is 1.57. The molecule has 2 atom stereocenters. The molecule has 2 heterocycles. The second-order valence-electron chi connectivity index (χ2n) is 6.75. The third-order valence-electron chi connectivity index (χ3n) is 4.67. The SMILES string of the molecule is CCC(C)NC(=O)CN1C(=O)C(CC)Oc2ccc(-c3csc(C)n3)cc21. The summed E-state index contributed by atoms with van der Waals surface area (Å²) in [6.45, 7) is 7.80. The molecular formula is C20H25N3O3S. The van der Waals surface area contributed by atoms with Gasteiger partial charge in [-0.2, -0.15) is 0 Å². The molecule has 0 fully saturated rings. The molecule has 6 nitrogen and oxygen atoms in total. The van der Waals surface area contributed by atoms with Crippen LogP contribution in [0.4, 0.5) is 5.69 Å². The van der Waals surface area contributed by atoms with Gasteiger partial charge in [-0.05, 0) is 44.9 Å². The number of hydrogen-bond donors (Lipinski definition) is 1. The van der Waals surface area contributed by atoms with Crippen LogP contribution < -0.4 is 15.0 Å². The molecule has 1 aromatic heterocycles. The van der Waals surface area contributed by atoms with E-state index in [0.717, 1.165) is 22.7 Å². The number of rotatable bonds is 6. The van der Waals surface area contributed by atoms with E-state index in [0.29, 0.717) is 17.9 Å². The molecule has 2 aromatic rings.